The monoisotopic (exact) mass is 304 g/mol. The van der Waals surface area contributed by atoms with Crippen molar-refractivity contribution in [2.24, 2.45) is 0 Å². The molecule has 0 aliphatic carbocycles. The number of benzene rings is 1. The van der Waals surface area contributed by atoms with Crippen molar-refractivity contribution in [3.63, 3.8) is 0 Å². The van der Waals surface area contributed by atoms with Gasteiger partial charge in [0, 0.05) is 4.88 Å². The number of aliphatic hydroxyl groups is 1. The highest BCUT2D eigenvalue weighted by Gasteiger charge is 2.34. The molecule has 2 rings (SSSR count). The van der Waals surface area contributed by atoms with Gasteiger partial charge in [0.2, 0.25) is 0 Å². The number of aryl methyl sites for hydroxylation is 1. The highest BCUT2D eigenvalue weighted by molar-refractivity contribution is 7.09. The summed E-state index contributed by atoms with van der Waals surface area (Å²) in [6.07, 6.45) is -4.94. The lowest BCUT2D eigenvalue weighted by molar-refractivity contribution is -0.140. The molecule has 0 aliphatic heterocycles. The first kappa shape index (κ1) is 15.0. The Bertz CT molecular complexity index is 563. The van der Waals surface area contributed by atoms with E-state index in [-0.39, 0.29) is 5.56 Å². The second kappa shape index (κ2) is 5.93. The van der Waals surface area contributed by atoms with Gasteiger partial charge in [-0.25, -0.2) is 4.39 Å². The van der Waals surface area contributed by atoms with Gasteiger partial charge < -0.3 is 5.11 Å². The lowest BCUT2D eigenvalue weighted by Crippen LogP contribution is -2.10. The zero-order valence-corrected chi connectivity index (χ0v) is 11.1. The van der Waals surface area contributed by atoms with Gasteiger partial charge in [0.05, 0.1) is 11.7 Å². The number of hydrogen-bond donors (Lipinski definition) is 1. The van der Waals surface area contributed by atoms with E-state index in [1.807, 2.05) is 17.5 Å². The van der Waals surface area contributed by atoms with E-state index in [2.05, 4.69) is 0 Å². The Balaban J connectivity index is 2.12. The molecule has 6 heteroatoms. The van der Waals surface area contributed by atoms with Crippen molar-refractivity contribution in [1.29, 1.82) is 0 Å². The van der Waals surface area contributed by atoms with Gasteiger partial charge in [0.1, 0.15) is 5.82 Å². The van der Waals surface area contributed by atoms with Crippen LogP contribution in [0.2, 0.25) is 0 Å². The molecule has 0 spiro atoms. The van der Waals surface area contributed by atoms with E-state index in [9.17, 15) is 22.7 Å². The largest absolute Gasteiger partial charge is 0.419 e. The molecule has 1 nitrogen and oxygen atoms in total. The highest BCUT2D eigenvalue weighted by Crippen LogP contribution is 2.33. The maximum Gasteiger partial charge on any atom is 0.419 e. The molecule has 0 radical (unpaired) electrons. The van der Waals surface area contributed by atoms with Crippen LogP contribution in [0.15, 0.2) is 35.7 Å². The van der Waals surface area contributed by atoms with Gasteiger partial charge in [-0.15, -0.1) is 11.3 Å². The molecule has 0 saturated carbocycles. The van der Waals surface area contributed by atoms with E-state index < -0.39 is 23.7 Å². The number of halogens is 4. The lowest BCUT2D eigenvalue weighted by Gasteiger charge is -2.14. The van der Waals surface area contributed by atoms with Crippen molar-refractivity contribution in [3.05, 3.63) is 57.5 Å². The summed E-state index contributed by atoms with van der Waals surface area (Å²) in [4.78, 5) is 1.04. The van der Waals surface area contributed by atoms with Crippen molar-refractivity contribution in [3.8, 4) is 0 Å². The lowest BCUT2D eigenvalue weighted by atomic mass is 10.0. The smallest absolute Gasteiger partial charge is 0.388 e. The predicted octanol–water partition coefficient (Wildman–Crippen LogP) is 4.57. The SMILES string of the molecule is OC(CCc1cccs1)c1ccc(F)c(C(F)(F)F)c1. The molecule has 1 N–H and O–H groups in total. The van der Waals surface area contributed by atoms with Crippen LogP contribution < -0.4 is 0 Å². The summed E-state index contributed by atoms with van der Waals surface area (Å²) in [6.45, 7) is 0. The van der Waals surface area contributed by atoms with Crippen LogP contribution in [0, 0.1) is 5.82 Å². The van der Waals surface area contributed by atoms with Gasteiger partial charge in [-0.2, -0.15) is 13.2 Å². The van der Waals surface area contributed by atoms with Gasteiger partial charge in [-0.1, -0.05) is 12.1 Å². The van der Waals surface area contributed by atoms with Crippen molar-refractivity contribution < 1.29 is 22.7 Å². The first-order valence-corrected chi connectivity index (χ1v) is 6.83. The van der Waals surface area contributed by atoms with Crippen LogP contribution in [0.25, 0.3) is 0 Å². The molecule has 0 bridgehead atoms. The van der Waals surface area contributed by atoms with E-state index >= 15 is 0 Å². The molecular weight excluding hydrogens is 292 g/mol. The third kappa shape index (κ3) is 3.58. The summed E-state index contributed by atoms with van der Waals surface area (Å²) in [6, 6.07) is 6.36. The highest BCUT2D eigenvalue weighted by atomic mass is 32.1. The fraction of sp³-hybridized carbons (Fsp3) is 0.286. The van der Waals surface area contributed by atoms with Gasteiger partial charge in [-0.05, 0) is 42.0 Å². The Morgan fingerprint density at radius 1 is 1.20 bits per heavy atom. The van der Waals surface area contributed by atoms with E-state index in [4.69, 9.17) is 0 Å². The van der Waals surface area contributed by atoms with E-state index in [0.29, 0.717) is 18.9 Å². The van der Waals surface area contributed by atoms with Crippen LogP contribution in [0.1, 0.15) is 28.5 Å². The molecule has 1 aromatic carbocycles. The van der Waals surface area contributed by atoms with Crippen molar-refractivity contribution in [2.75, 3.05) is 0 Å². The second-order valence-electron chi connectivity index (χ2n) is 4.37. The summed E-state index contributed by atoms with van der Waals surface area (Å²) >= 11 is 1.52. The fourth-order valence-corrected chi connectivity index (χ4v) is 2.59. The Morgan fingerprint density at radius 2 is 1.95 bits per heavy atom. The van der Waals surface area contributed by atoms with Crippen molar-refractivity contribution in [1.82, 2.24) is 0 Å². The zero-order valence-electron chi connectivity index (χ0n) is 10.3. The molecular formula is C14H12F4OS. The van der Waals surface area contributed by atoms with Gasteiger partial charge >= 0.3 is 6.18 Å². The summed E-state index contributed by atoms with van der Waals surface area (Å²) < 4.78 is 50.9. The van der Waals surface area contributed by atoms with Gasteiger partial charge in [0.15, 0.2) is 0 Å². The zero-order chi connectivity index (χ0) is 14.8. The molecule has 1 heterocycles. The van der Waals surface area contributed by atoms with Crippen LogP contribution in [0.4, 0.5) is 17.6 Å². The molecule has 0 amide bonds. The fourth-order valence-electron chi connectivity index (χ4n) is 1.87. The van der Waals surface area contributed by atoms with Crippen molar-refractivity contribution >= 4 is 11.3 Å². The molecule has 0 saturated heterocycles. The molecule has 20 heavy (non-hydrogen) atoms. The first-order valence-electron chi connectivity index (χ1n) is 5.95. The number of hydrogen-bond acceptors (Lipinski definition) is 2. The van der Waals surface area contributed by atoms with Crippen molar-refractivity contribution in [2.45, 2.75) is 25.1 Å². The minimum Gasteiger partial charge on any atom is -0.388 e. The second-order valence-corrected chi connectivity index (χ2v) is 5.40. The predicted molar refractivity (Wildman–Crippen MR) is 69.0 cm³/mol. The summed E-state index contributed by atoms with van der Waals surface area (Å²) in [5.74, 6) is -1.33. The Hall–Kier alpha value is -1.40. The number of rotatable bonds is 4. The topological polar surface area (TPSA) is 20.2 Å². The molecule has 0 fully saturated rings. The third-order valence-electron chi connectivity index (χ3n) is 2.92. The minimum atomic E-state index is -4.76. The van der Waals surface area contributed by atoms with E-state index in [1.54, 1.807) is 0 Å². The van der Waals surface area contributed by atoms with E-state index in [0.717, 1.165) is 10.9 Å². The first-order chi connectivity index (χ1) is 9.38. The maximum atomic E-state index is 13.1. The van der Waals surface area contributed by atoms with Crippen LogP contribution >= 0.6 is 11.3 Å². The van der Waals surface area contributed by atoms with Crippen LogP contribution in [0.3, 0.4) is 0 Å². The van der Waals surface area contributed by atoms with Crippen LogP contribution in [-0.4, -0.2) is 5.11 Å². The summed E-state index contributed by atoms with van der Waals surface area (Å²) in [7, 11) is 0. The molecule has 1 aromatic heterocycles. The molecule has 1 atom stereocenters. The van der Waals surface area contributed by atoms with Gasteiger partial charge in [0.25, 0.3) is 0 Å². The third-order valence-corrected chi connectivity index (χ3v) is 3.86. The average molecular weight is 304 g/mol. The Morgan fingerprint density at radius 3 is 2.55 bits per heavy atom. The quantitative estimate of drug-likeness (QED) is 0.820. The molecule has 1 unspecified atom stereocenters. The average Bonchev–Trinajstić information content (AvgIpc) is 2.88. The van der Waals surface area contributed by atoms with E-state index in [1.165, 1.54) is 17.4 Å². The van der Waals surface area contributed by atoms with Crippen LogP contribution in [-0.2, 0) is 12.6 Å². The standard InChI is InChI=1S/C14H12F4OS/c15-12-5-3-9(8-11(12)14(16,17)18)13(19)6-4-10-2-1-7-20-10/h1-3,5,7-8,13,19H,4,6H2. The van der Waals surface area contributed by atoms with Gasteiger partial charge in [-0.3, -0.25) is 0 Å². The number of alkyl halides is 3. The number of thiophene rings is 1. The number of aliphatic hydroxyl groups excluding tert-OH is 1. The van der Waals surface area contributed by atoms with Crippen LogP contribution in [0.5, 0.6) is 0 Å². The summed E-state index contributed by atoms with van der Waals surface area (Å²) in [5.41, 5.74) is -1.26. The molecule has 108 valence electrons. The summed E-state index contributed by atoms with van der Waals surface area (Å²) in [5, 5.41) is 11.8. The molecule has 0 aliphatic rings. The minimum absolute atomic E-state index is 0.0790. The Kier molecular flexibility index (Phi) is 4.45. The maximum absolute atomic E-state index is 13.1. The normalized spacial score (nSPS) is 13.4. The Labute approximate surface area is 117 Å². The molecule has 2 aromatic rings.